The van der Waals surface area contributed by atoms with Crippen molar-refractivity contribution in [2.45, 2.75) is 176 Å². The van der Waals surface area contributed by atoms with Crippen LogP contribution in [0, 0.1) is 47.3 Å². The maximum Gasteiger partial charge on any atom is 0.268 e. The van der Waals surface area contributed by atoms with Gasteiger partial charge in [-0.25, -0.2) is 4.99 Å². The summed E-state index contributed by atoms with van der Waals surface area (Å²) in [5.41, 5.74) is 21.9. The number of phenols is 1. The predicted molar refractivity (Wildman–Crippen MR) is 367 cm³/mol. The zero-order valence-electron chi connectivity index (χ0n) is 53.9. The lowest BCUT2D eigenvalue weighted by Crippen LogP contribution is -2.48. The molecule has 7 aromatic rings. The smallest absolute Gasteiger partial charge is 0.268 e. The summed E-state index contributed by atoms with van der Waals surface area (Å²) in [7, 11) is -4.72. The highest BCUT2D eigenvalue weighted by molar-refractivity contribution is 7.86. The number of hydrogen-bond acceptors (Lipinski definition) is 9. The van der Waals surface area contributed by atoms with Gasteiger partial charge in [0, 0.05) is 48.5 Å². The highest BCUT2D eigenvalue weighted by atomic mass is 32.2. The number of nitrogens with two attached hydrogens (primary N) is 2. The van der Waals surface area contributed by atoms with Crippen LogP contribution in [0.15, 0.2) is 168 Å². The van der Waals surface area contributed by atoms with Gasteiger partial charge in [-0.05, 0) is 216 Å². The molecule has 5 heterocycles. The Bertz CT molecular complexity index is 4080. The summed E-state index contributed by atoms with van der Waals surface area (Å²) >= 11 is 0. The Morgan fingerprint density at radius 3 is 2.37 bits per heavy atom. The maximum atomic E-state index is 14.6. The summed E-state index contributed by atoms with van der Waals surface area (Å²) in [5.74, 6) is 5.46. The Morgan fingerprint density at radius 2 is 1.60 bits per heavy atom. The minimum atomic E-state index is -4.72. The molecular formula is C80H91N3O9S. The highest BCUT2D eigenvalue weighted by Gasteiger charge is 2.51. The van der Waals surface area contributed by atoms with Gasteiger partial charge >= 0.3 is 0 Å². The van der Waals surface area contributed by atoms with E-state index in [1.165, 1.54) is 21.9 Å². The number of aliphatic hydroxyl groups is 3. The van der Waals surface area contributed by atoms with Crippen molar-refractivity contribution in [1.29, 1.82) is 0 Å². The van der Waals surface area contributed by atoms with Crippen LogP contribution in [0.3, 0.4) is 0 Å². The molecule has 1 saturated carbocycles. The van der Waals surface area contributed by atoms with E-state index >= 15 is 0 Å². The Kier molecular flexibility index (Phi) is 18.6. The lowest BCUT2D eigenvalue weighted by atomic mass is 9.64. The first kappa shape index (κ1) is 64.4. The Hall–Kier alpha value is -7.28. The van der Waals surface area contributed by atoms with E-state index in [4.69, 9.17) is 25.9 Å². The van der Waals surface area contributed by atoms with Gasteiger partial charge in [-0.1, -0.05) is 166 Å². The monoisotopic (exact) mass is 1270 g/mol. The van der Waals surface area contributed by atoms with Crippen LogP contribution in [0.25, 0.3) is 10.8 Å². The van der Waals surface area contributed by atoms with Gasteiger partial charge in [-0.2, -0.15) is 8.42 Å². The first-order valence-corrected chi connectivity index (χ1v) is 35.6. The number of hydrogen-bond donors (Lipinski definition) is 7. The molecule has 10 bridgehead atoms. The molecule has 0 radical (unpaired) electrons. The maximum absolute atomic E-state index is 14.6. The quantitative estimate of drug-likeness (QED) is 0.0168. The van der Waals surface area contributed by atoms with Crippen molar-refractivity contribution in [2.75, 3.05) is 6.61 Å². The second kappa shape index (κ2) is 26.8. The molecule has 93 heavy (non-hydrogen) atoms. The number of nitrogens with zero attached hydrogens (tertiary/aromatic N) is 1. The topological polar surface area (TPSA) is 218 Å². The van der Waals surface area contributed by atoms with Gasteiger partial charge in [0.1, 0.15) is 17.6 Å². The summed E-state index contributed by atoms with van der Waals surface area (Å²) < 4.78 is 55.7. The zero-order valence-corrected chi connectivity index (χ0v) is 54.7. The van der Waals surface area contributed by atoms with E-state index < -0.39 is 56.7 Å². The molecule has 0 unspecified atom stereocenters. The first-order chi connectivity index (χ1) is 44.8. The van der Waals surface area contributed by atoms with Crippen molar-refractivity contribution < 1.29 is 42.9 Å². The number of aliphatic imine (C=N–C) groups is 1. The summed E-state index contributed by atoms with van der Waals surface area (Å²) in [6.07, 6.45) is 10.0. The van der Waals surface area contributed by atoms with Crippen LogP contribution in [0.1, 0.15) is 189 Å². The number of aryl methyl sites for hydroxylation is 2. The second-order valence-electron chi connectivity index (χ2n) is 28.8. The highest BCUT2D eigenvalue weighted by Crippen LogP contribution is 2.56. The molecule has 13 heteroatoms. The average Bonchev–Trinajstić information content (AvgIpc) is 1.72. The molecule has 2 fully saturated rings. The van der Waals surface area contributed by atoms with Crippen molar-refractivity contribution in [1.82, 2.24) is 0 Å². The summed E-state index contributed by atoms with van der Waals surface area (Å²) in [5, 5.41) is 48.5. The fourth-order valence-corrected chi connectivity index (χ4v) is 18.5. The summed E-state index contributed by atoms with van der Waals surface area (Å²) in [4.78, 5) is 5.21. The van der Waals surface area contributed by atoms with Crippen LogP contribution >= 0.6 is 0 Å². The Balaban J connectivity index is 0.891. The lowest BCUT2D eigenvalue weighted by Gasteiger charge is -2.46. The van der Waals surface area contributed by atoms with Crippen LogP contribution in [0.4, 0.5) is 0 Å². The number of rotatable bonds is 15. The third-order valence-corrected chi connectivity index (χ3v) is 23.5. The minimum Gasteiger partial charge on any atom is -0.508 e. The molecule has 0 amide bonds. The fourth-order valence-electron chi connectivity index (χ4n) is 17.4. The second-order valence-corrected chi connectivity index (χ2v) is 30.4. The Labute approximate surface area is 549 Å². The standard InChI is InChI=1S/C80H91N3O9S/c1-49(2)18-20-55-25-24-54-14-7-8-17-68(54)72(55)44-74(86)56-26-22-53(23-27-56)60-16-10-36-79(87,46-60)64(37-51-11-5-4-6-12-51)47-80(83-78(81)82)63-30-28-57(29-31-63)76-61-39-62(77-70-34-32-65(85)40-58(70)15-9-13-52(48-84)38-67(42-61)91-77)43-73(76)75(93(88,89)90)45-71-50(3)19-21-59-41-66(92-80)33-35-69(59)71/h4-8,11-12,14,17,22-35,40-41,43,49-50,52,60-61,64,67,71,73-77,84-87H,10,13,16,18-21,36-39,42,44-48H2,1-3H3,(H4,81,82,83)(H,88,89,90)/t50-,52+,60-,61-,64-,67-,71+,73-,74+,75-,76+,77-,79-,80-/m1/s1. The lowest BCUT2D eigenvalue weighted by molar-refractivity contribution is -0.0834. The number of aromatic hydroxyl groups is 1. The van der Waals surface area contributed by atoms with Crippen LogP contribution in [-0.2, 0) is 46.3 Å². The third kappa shape index (κ3) is 13.7. The van der Waals surface area contributed by atoms with E-state index in [1.54, 1.807) is 12.1 Å². The summed E-state index contributed by atoms with van der Waals surface area (Å²) in [6, 6.07) is 50.9. The SMILES string of the molecule is CC(C)CCc1ccc2ccccc2c1C[C@H](O)c1ccc([C@@H]2CCC[C@](O)([C@H](Cc3ccccc3)C[C@@]3(N=C(N)N)Oc4ccc5c(c4)CC[C@@H](C)[C@@H]5C[C@@H](S(=O)(=O)O)[C@H]4C=C5C[C@H](C[C@H]6C[C@@H](CO)CC#Cc7cc(O)ccc7[C@@H]5O6)[C@@H]4c4ccc3cc4)C2)cc1. The predicted octanol–water partition coefficient (Wildman–Crippen LogP) is 14.5. The molecule has 5 aliphatic heterocycles. The number of aliphatic hydroxyl groups excluding tert-OH is 2. The van der Waals surface area contributed by atoms with Crippen LogP contribution < -0.4 is 16.2 Å². The number of benzene rings is 7. The minimum absolute atomic E-state index is 0.00386. The van der Waals surface area contributed by atoms with E-state index in [2.05, 4.69) is 136 Å². The molecule has 14 atom stereocenters. The van der Waals surface area contributed by atoms with Crippen LogP contribution in [0.2, 0.25) is 0 Å². The Morgan fingerprint density at radius 1 is 0.839 bits per heavy atom. The normalized spacial score (nSPS) is 28.2. The molecule has 9 N–H and O–H groups in total. The van der Waals surface area contributed by atoms with Crippen LogP contribution in [-0.4, -0.2) is 62.9 Å². The largest absolute Gasteiger partial charge is 0.508 e. The van der Waals surface area contributed by atoms with Crippen molar-refractivity contribution >= 4 is 26.9 Å². The molecule has 8 aliphatic rings. The molecule has 486 valence electrons. The number of allylic oxidation sites excluding steroid dienone is 1. The number of phenolic OH excluding ortho intramolecular Hbond substituents is 1. The van der Waals surface area contributed by atoms with Crippen molar-refractivity contribution in [3.05, 3.63) is 225 Å². The first-order valence-electron chi connectivity index (χ1n) is 34.1. The number of guanidine groups is 1. The molecule has 3 aliphatic carbocycles. The number of ether oxygens (including phenoxy) is 2. The van der Waals surface area contributed by atoms with E-state index in [-0.39, 0.29) is 66.9 Å². The van der Waals surface area contributed by atoms with Crippen molar-refractivity contribution in [2.24, 2.45) is 52.0 Å². The van der Waals surface area contributed by atoms with E-state index in [1.807, 2.05) is 42.5 Å². The molecule has 0 spiro atoms. The molecule has 12 nitrogen and oxygen atoms in total. The zero-order chi connectivity index (χ0) is 64.8. The molecular weight excluding hydrogens is 1180 g/mol. The van der Waals surface area contributed by atoms with E-state index in [0.29, 0.717) is 74.2 Å². The number of fused-ring (bicyclic) bond motifs is 9. The molecule has 1 saturated heterocycles. The average molecular weight is 1270 g/mol. The van der Waals surface area contributed by atoms with Crippen molar-refractivity contribution in [3.8, 4) is 23.3 Å². The van der Waals surface area contributed by atoms with E-state index in [9.17, 15) is 33.4 Å². The van der Waals surface area contributed by atoms with Gasteiger partial charge in [0.25, 0.3) is 10.1 Å². The van der Waals surface area contributed by atoms with Gasteiger partial charge in [0.05, 0.1) is 23.1 Å². The molecule has 15 rings (SSSR count). The summed E-state index contributed by atoms with van der Waals surface area (Å²) in [6.45, 7) is 6.60. The molecule has 7 aromatic carbocycles. The van der Waals surface area contributed by atoms with Gasteiger partial charge in [-0.15, -0.1) is 0 Å². The van der Waals surface area contributed by atoms with Crippen molar-refractivity contribution in [3.63, 3.8) is 0 Å². The van der Waals surface area contributed by atoms with Gasteiger partial charge in [0.2, 0.25) is 5.72 Å². The third-order valence-electron chi connectivity index (χ3n) is 22.2. The van der Waals surface area contributed by atoms with Gasteiger partial charge < -0.3 is 41.4 Å². The van der Waals surface area contributed by atoms with E-state index in [0.717, 1.165) is 83.0 Å². The molecule has 0 aromatic heterocycles. The van der Waals surface area contributed by atoms with Crippen LogP contribution in [0.5, 0.6) is 11.5 Å². The fraction of sp³-hybridized carbons (Fsp3) is 0.438. The van der Waals surface area contributed by atoms with Gasteiger partial charge in [0.15, 0.2) is 5.96 Å². The van der Waals surface area contributed by atoms with Gasteiger partial charge in [-0.3, -0.25) is 4.55 Å².